The second kappa shape index (κ2) is 7.08. The highest BCUT2D eigenvalue weighted by atomic mass is 16.5. The van der Waals surface area contributed by atoms with Gasteiger partial charge in [-0.1, -0.05) is 0 Å². The van der Waals surface area contributed by atoms with Crippen molar-refractivity contribution in [3.8, 4) is 0 Å². The SMILES string of the molecule is COC(=O)N1CCN(C(=O)COCCN)CC1. The van der Waals surface area contributed by atoms with Crippen LogP contribution >= 0.6 is 0 Å². The zero-order valence-electron chi connectivity index (χ0n) is 10.1. The van der Waals surface area contributed by atoms with E-state index in [1.807, 2.05) is 0 Å². The van der Waals surface area contributed by atoms with Gasteiger partial charge in [0.15, 0.2) is 0 Å². The lowest BCUT2D eigenvalue weighted by Gasteiger charge is -2.33. The minimum Gasteiger partial charge on any atom is -0.453 e. The van der Waals surface area contributed by atoms with E-state index in [2.05, 4.69) is 4.74 Å². The number of hydrogen-bond donors (Lipinski definition) is 1. The van der Waals surface area contributed by atoms with Crippen LogP contribution in [-0.4, -0.2) is 74.8 Å². The fourth-order valence-corrected chi connectivity index (χ4v) is 1.60. The van der Waals surface area contributed by atoms with E-state index in [-0.39, 0.29) is 18.6 Å². The van der Waals surface area contributed by atoms with Crippen molar-refractivity contribution < 1.29 is 19.1 Å². The molecule has 0 bridgehead atoms. The molecule has 98 valence electrons. The minimum absolute atomic E-state index is 0.0510. The molecular weight excluding hydrogens is 226 g/mol. The Labute approximate surface area is 100 Å². The number of methoxy groups -OCH3 is 1. The van der Waals surface area contributed by atoms with Crippen LogP contribution in [0.2, 0.25) is 0 Å². The maximum absolute atomic E-state index is 11.6. The molecule has 0 radical (unpaired) electrons. The Morgan fingerprint density at radius 2 is 1.76 bits per heavy atom. The van der Waals surface area contributed by atoms with E-state index in [0.717, 1.165) is 0 Å². The molecular formula is C10H19N3O4. The summed E-state index contributed by atoms with van der Waals surface area (Å²) in [6.07, 6.45) is -0.350. The molecule has 2 N–H and O–H groups in total. The lowest BCUT2D eigenvalue weighted by molar-refractivity contribution is -0.137. The Kier molecular flexibility index (Phi) is 5.71. The molecule has 2 amide bonds. The predicted octanol–water partition coefficient (Wildman–Crippen LogP) is -1.13. The first-order valence-electron chi connectivity index (χ1n) is 5.57. The third-order valence-electron chi connectivity index (χ3n) is 2.55. The van der Waals surface area contributed by atoms with E-state index in [4.69, 9.17) is 10.5 Å². The summed E-state index contributed by atoms with van der Waals surface area (Å²) in [5, 5.41) is 0. The summed E-state index contributed by atoms with van der Waals surface area (Å²) in [4.78, 5) is 26.1. The molecule has 7 nitrogen and oxygen atoms in total. The van der Waals surface area contributed by atoms with Crippen molar-refractivity contribution in [2.45, 2.75) is 0 Å². The molecule has 1 rings (SSSR count). The number of carbonyl (C=O) groups excluding carboxylic acids is 2. The summed E-state index contributed by atoms with van der Waals surface area (Å²) in [5.41, 5.74) is 5.25. The van der Waals surface area contributed by atoms with Crippen LogP contribution in [0.15, 0.2) is 0 Å². The number of ether oxygens (including phenoxy) is 2. The lowest BCUT2D eigenvalue weighted by atomic mass is 10.3. The molecule has 1 fully saturated rings. The minimum atomic E-state index is -0.350. The fraction of sp³-hybridized carbons (Fsp3) is 0.800. The first-order valence-corrected chi connectivity index (χ1v) is 5.57. The Hall–Kier alpha value is -1.34. The highest BCUT2D eigenvalue weighted by Gasteiger charge is 2.24. The maximum Gasteiger partial charge on any atom is 0.409 e. The largest absolute Gasteiger partial charge is 0.453 e. The molecule has 7 heteroatoms. The van der Waals surface area contributed by atoms with Crippen LogP contribution in [0.5, 0.6) is 0 Å². The van der Waals surface area contributed by atoms with Crippen molar-refractivity contribution in [3.05, 3.63) is 0 Å². The molecule has 0 aromatic carbocycles. The predicted molar refractivity (Wildman–Crippen MR) is 60.4 cm³/mol. The van der Waals surface area contributed by atoms with Crippen molar-refractivity contribution in [1.29, 1.82) is 0 Å². The first-order chi connectivity index (χ1) is 8.19. The van der Waals surface area contributed by atoms with Gasteiger partial charge in [0.05, 0.1) is 13.7 Å². The van der Waals surface area contributed by atoms with Gasteiger partial charge in [-0.25, -0.2) is 4.79 Å². The van der Waals surface area contributed by atoms with Crippen molar-refractivity contribution in [2.24, 2.45) is 5.73 Å². The van der Waals surface area contributed by atoms with Gasteiger partial charge in [0.25, 0.3) is 0 Å². The summed E-state index contributed by atoms with van der Waals surface area (Å²) in [6.45, 7) is 2.86. The zero-order chi connectivity index (χ0) is 12.7. The fourth-order valence-electron chi connectivity index (χ4n) is 1.60. The van der Waals surface area contributed by atoms with Crippen LogP contribution < -0.4 is 5.73 Å². The van der Waals surface area contributed by atoms with Gasteiger partial charge in [-0.05, 0) is 0 Å². The Bertz CT molecular complexity index is 264. The van der Waals surface area contributed by atoms with Gasteiger partial charge >= 0.3 is 6.09 Å². The molecule has 0 saturated carbocycles. The number of hydrogen-bond acceptors (Lipinski definition) is 5. The van der Waals surface area contributed by atoms with E-state index < -0.39 is 0 Å². The van der Waals surface area contributed by atoms with Crippen molar-refractivity contribution >= 4 is 12.0 Å². The van der Waals surface area contributed by atoms with Crippen LogP contribution in [-0.2, 0) is 14.3 Å². The Balaban J connectivity index is 2.26. The van der Waals surface area contributed by atoms with Gasteiger partial charge < -0.3 is 25.0 Å². The lowest BCUT2D eigenvalue weighted by Crippen LogP contribution is -2.51. The summed E-state index contributed by atoms with van der Waals surface area (Å²) in [5.74, 6) is -0.0667. The van der Waals surface area contributed by atoms with Crippen LogP contribution in [0, 0.1) is 0 Å². The van der Waals surface area contributed by atoms with Gasteiger partial charge in [-0.15, -0.1) is 0 Å². The second-order valence-electron chi connectivity index (χ2n) is 3.68. The van der Waals surface area contributed by atoms with E-state index >= 15 is 0 Å². The molecule has 1 aliphatic rings. The molecule has 0 spiro atoms. The number of amides is 2. The Morgan fingerprint density at radius 3 is 2.29 bits per heavy atom. The van der Waals surface area contributed by atoms with Crippen LogP contribution in [0.25, 0.3) is 0 Å². The average molecular weight is 245 g/mol. The summed E-state index contributed by atoms with van der Waals surface area (Å²) < 4.78 is 9.68. The maximum atomic E-state index is 11.6. The number of nitrogens with zero attached hydrogens (tertiary/aromatic N) is 2. The molecule has 0 aromatic rings. The van der Waals surface area contributed by atoms with Gasteiger partial charge in [0.1, 0.15) is 6.61 Å². The quantitative estimate of drug-likeness (QED) is 0.634. The standard InChI is InChI=1S/C10H19N3O4/c1-16-10(15)13-5-3-12(4-6-13)9(14)8-17-7-2-11/h2-8,11H2,1H3. The van der Waals surface area contributed by atoms with Crippen molar-refractivity contribution in [1.82, 2.24) is 9.80 Å². The topological polar surface area (TPSA) is 85.1 Å². The van der Waals surface area contributed by atoms with Crippen LogP contribution in [0.1, 0.15) is 0 Å². The van der Waals surface area contributed by atoms with E-state index in [1.54, 1.807) is 9.80 Å². The zero-order valence-corrected chi connectivity index (χ0v) is 10.1. The molecule has 1 aliphatic heterocycles. The highest BCUT2D eigenvalue weighted by molar-refractivity contribution is 5.78. The molecule has 1 saturated heterocycles. The monoisotopic (exact) mass is 245 g/mol. The second-order valence-corrected chi connectivity index (χ2v) is 3.68. The van der Waals surface area contributed by atoms with Crippen molar-refractivity contribution in [2.75, 3.05) is 53.0 Å². The third kappa shape index (κ3) is 4.20. The molecule has 17 heavy (non-hydrogen) atoms. The first kappa shape index (κ1) is 13.7. The highest BCUT2D eigenvalue weighted by Crippen LogP contribution is 2.03. The van der Waals surface area contributed by atoms with E-state index in [9.17, 15) is 9.59 Å². The number of nitrogens with two attached hydrogens (primary N) is 1. The smallest absolute Gasteiger partial charge is 0.409 e. The summed E-state index contributed by atoms with van der Waals surface area (Å²) in [6, 6.07) is 0. The number of rotatable bonds is 4. The van der Waals surface area contributed by atoms with Gasteiger partial charge in [-0.3, -0.25) is 4.79 Å². The summed E-state index contributed by atoms with van der Waals surface area (Å²) >= 11 is 0. The van der Waals surface area contributed by atoms with Gasteiger partial charge in [0, 0.05) is 32.7 Å². The average Bonchev–Trinajstić information content (AvgIpc) is 2.38. The number of carbonyl (C=O) groups is 2. The molecule has 0 aliphatic carbocycles. The van der Waals surface area contributed by atoms with Gasteiger partial charge in [0.2, 0.25) is 5.91 Å². The normalized spacial score (nSPS) is 15.9. The van der Waals surface area contributed by atoms with E-state index in [0.29, 0.717) is 39.3 Å². The molecule has 0 atom stereocenters. The molecule has 0 unspecified atom stereocenters. The van der Waals surface area contributed by atoms with Crippen molar-refractivity contribution in [3.63, 3.8) is 0 Å². The Morgan fingerprint density at radius 1 is 1.18 bits per heavy atom. The van der Waals surface area contributed by atoms with Gasteiger partial charge in [-0.2, -0.15) is 0 Å². The van der Waals surface area contributed by atoms with Crippen LogP contribution in [0.4, 0.5) is 4.79 Å². The number of piperazine rings is 1. The van der Waals surface area contributed by atoms with Crippen LogP contribution in [0.3, 0.4) is 0 Å². The molecule has 1 heterocycles. The van der Waals surface area contributed by atoms with E-state index in [1.165, 1.54) is 7.11 Å². The summed E-state index contributed by atoms with van der Waals surface area (Å²) in [7, 11) is 1.35. The third-order valence-corrected chi connectivity index (χ3v) is 2.55. The molecule has 0 aromatic heterocycles.